The number of terminal acetylenes is 1. The molecule has 0 amide bonds. The number of rotatable bonds is 3. The molecule has 0 aliphatic carbocycles. The molecule has 3 nitrogen and oxygen atoms in total. The summed E-state index contributed by atoms with van der Waals surface area (Å²) in [4.78, 5) is 8.56. The van der Waals surface area contributed by atoms with Crippen LogP contribution in [0.4, 0.5) is 5.00 Å². The minimum absolute atomic E-state index is 0.523. The Balaban J connectivity index is 2.28. The maximum Gasteiger partial charge on any atom is 0.127 e. The third-order valence-electron chi connectivity index (χ3n) is 2.06. The molecule has 0 saturated heterocycles. The molecule has 0 radical (unpaired) electrons. The maximum atomic E-state index is 5.21. The molecule has 0 fully saturated rings. The lowest BCUT2D eigenvalue weighted by molar-refractivity contribution is 1.24. The van der Waals surface area contributed by atoms with Gasteiger partial charge in [-0.25, -0.2) is 4.98 Å². The molecule has 1 N–H and O–H groups in total. The second-order valence-corrected chi connectivity index (χ2v) is 4.23. The maximum absolute atomic E-state index is 5.21. The number of nitrogens with one attached hydrogen (secondary N) is 1. The van der Waals surface area contributed by atoms with E-state index in [0.717, 1.165) is 21.3 Å². The fourth-order valence-corrected chi connectivity index (χ4v) is 2.26. The smallest absolute Gasteiger partial charge is 0.127 e. The molecular formula is C12H11N3S. The van der Waals surface area contributed by atoms with E-state index < -0.39 is 0 Å². The number of nitrogens with zero attached hydrogens (tertiary/aromatic N) is 2. The largest absolute Gasteiger partial charge is 0.364 e. The van der Waals surface area contributed by atoms with Crippen LogP contribution in [0.2, 0.25) is 0 Å². The van der Waals surface area contributed by atoms with Crippen LogP contribution in [0.5, 0.6) is 0 Å². The first-order chi connectivity index (χ1) is 7.81. The fraction of sp³-hybridized carbons (Fsp3) is 0.167. The predicted octanol–water partition coefficient (Wildman–Crippen LogP) is 2.56. The van der Waals surface area contributed by atoms with Crippen LogP contribution in [0.3, 0.4) is 0 Å². The Morgan fingerprint density at radius 1 is 1.56 bits per heavy atom. The summed E-state index contributed by atoms with van der Waals surface area (Å²) in [6.45, 7) is 2.49. The molecule has 4 heteroatoms. The lowest BCUT2D eigenvalue weighted by Crippen LogP contribution is -1.96. The average Bonchev–Trinajstić information content (AvgIpc) is 2.69. The zero-order chi connectivity index (χ0) is 11.4. The normalized spacial score (nSPS) is 9.75. The number of aryl methyl sites for hydroxylation is 1. The van der Waals surface area contributed by atoms with Gasteiger partial charge in [0.25, 0.3) is 0 Å². The molecule has 2 aromatic heterocycles. The van der Waals surface area contributed by atoms with Crippen LogP contribution < -0.4 is 5.32 Å². The van der Waals surface area contributed by atoms with Gasteiger partial charge in [-0.3, -0.25) is 4.98 Å². The average molecular weight is 229 g/mol. The van der Waals surface area contributed by atoms with Gasteiger partial charge in [-0.15, -0.1) is 6.42 Å². The zero-order valence-electron chi connectivity index (χ0n) is 8.90. The predicted molar refractivity (Wildman–Crippen MR) is 67.4 cm³/mol. The standard InChI is InChI=1S/C12H11N3S/c1-3-6-14-11-9(2)15-12(16-11)10-5-4-7-13-8-10/h1,4-5,7-8,14H,6H2,2H3. The summed E-state index contributed by atoms with van der Waals surface area (Å²) in [5.74, 6) is 2.55. The number of hydrogen-bond acceptors (Lipinski definition) is 4. The van der Waals surface area contributed by atoms with Crippen molar-refractivity contribution in [3.05, 3.63) is 30.2 Å². The van der Waals surface area contributed by atoms with E-state index in [4.69, 9.17) is 6.42 Å². The van der Waals surface area contributed by atoms with Crippen molar-refractivity contribution < 1.29 is 0 Å². The SMILES string of the molecule is C#CCNc1sc(-c2cccnc2)nc1C. The minimum Gasteiger partial charge on any atom is -0.364 e. The molecule has 2 heterocycles. The summed E-state index contributed by atoms with van der Waals surface area (Å²) < 4.78 is 0. The van der Waals surface area contributed by atoms with Crippen LogP contribution in [-0.2, 0) is 0 Å². The van der Waals surface area contributed by atoms with Gasteiger partial charge in [0.1, 0.15) is 10.0 Å². The molecule has 0 aliphatic rings. The topological polar surface area (TPSA) is 37.8 Å². The van der Waals surface area contributed by atoms with Crippen molar-refractivity contribution in [2.45, 2.75) is 6.92 Å². The van der Waals surface area contributed by atoms with Crippen LogP contribution in [0.15, 0.2) is 24.5 Å². The van der Waals surface area contributed by atoms with Gasteiger partial charge in [0.2, 0.25) is 0 Å². The Morgan fingerprint density at radius 2 is 2.44 bits per heavy atom. The highest BCUT2D eigenvalue weighted by Gasteiger charge is 2.08. The lowest BCUT2D eigenvalue weighted by Gasteiger charge is -1.96. The van der Waals surface area contributed by atoms with Gasteiger partial charge < -0.3 is 5.32 Å². The van der Waals surface area contributed by atoms with E-state index in [2.05, 4.69) is 21.2 Å². The zero-order valence-corrected chi connectivity index (χ0v) is 9.71. The van der Waals surface area contributed by atoms with Crippen LogP contribution in [0.1, 0.15) is 5.69 Å². The van der Waals surface area contributed by atoms with E-state index in [-0.39, 0.29) is 0 Å². The van der Waals surface area contributed by atoms with Crippen molar-refractivity contribution in [2.75, 3.05) is 11.9 Å². The second-order valence-electron chi connectivity index (χ2n) is 3.23. The van der Waals surface area contributed by atoms with E-state index in [1.165, 1.54) is 0 Å². The van der Waals surface area contributed by atoms with E-state index in [1.807, 2.05) is 25.3 Å². The van der Waals surface area contributed by atoms with Gasteiger partial charge in [0, 0.05) is 18.0 Å². The van der Waals surface area contributed by atoms with Crippen LogP contribution in [0.25, 0.3) is 10.6 Å². The molecule has 0 aliphatic heterocycles. The molecular weight excluding hydrogens is 218 g/mol. The summed E-state index contributed by atoms with van der Waals surface area (Å²) in [7, 11) is 0. The third kappa shape index (κ3) is 2.20. The summed E-state index contributed by atoms with van der Waals surface area (Å²) in [6, 6.07) is 3.90. The summed E-state index contributed by atoms with van der Waals surface area (Å²) in [5.41, 5.74) is 2.00. The van der Waals surface area contributed by atoms with E-state index in [9.17, 15) is 0 Å². The molecule has 0 saturated carbocycles. The highest BCUT2D eigenvalue weighted by molar-refractivity contribution is 7.19. The lowest BCUT2D eigenvalue weighted by atomic mass is 10.3. The van der Waals surface area contributed by atoms with Gasteiger partial charge in [0.15, 0.2) is 0 Å². The van der Waals surface area contributed by atoms with Gasteiger partial charge in [0.05, 0.1) is 12.2 Å². The van der Waals surface area contributed by atoms with Crippen molar-refractivity contribution in [1.82, 2.24) is 9.97 Å². The Labute approximate surface area is 98.6 Å². The third-order valence-corrected chi connectivity index (χ3v) is 3.22. The van der Waals surface area contributed by atoms with Crippen molar-refractivity contribution in [3.63, 3.8) is 0 Å². The van der Waals surface area contributed by atoms with Crippen LogP contribution in [0, 0.1) is 19.3 Å². The van der Waals surface area contributed by atoms with Crippen molar-refractivity contribution in [2.24, 2.45) is 0 Å². The minimum atomic E-state index is 0.523. The van der Waals surface area contributed by atoms with Crippen molar-refractivity contribution >= 4 is 16.3 Å². The Morgan fingerprint density at radius 3 is 3.12 bits per heavy atom. The Hall–Kier alpha value is -1.86. The molecule has 80 valence electrons. The molecule has 0 spiro atoms. The monoisotopic (exact) mass is 229 g/mol. The number of hydrogen-bond donors (Lipinski definition) is 1. The number of thiazole rings is 1. The molecule has 2 aromatic rings. The number of pyridine rings is 1. The van der Waals surface area contributed by atoms with Gasteiger partial charge in [-0.1, -0.05) is 17.3 Å². The van der Waals surface area contributed by atoms with E-state index >= 15 is 0 Å². The summed E-state index contributed by atoms with van der Waals surface area (Å²) in [5, 5.41) is 5.14. The first kappa shape index (κ1) is 10.7. The van der Waals surface area contributed by atoms with E-state index in [1.54, 1.807) is 17.5 Å². The molecule has 0 unspecified atom stereocenters. The van der Waals surface area contributed by atoms with Crippen molar-refractivity contribution in [1.29, 1.82) is 0 Å². The molecule has 2 rings (SSSR count). The van der Waals surface area contributed by atoms with Crippen molar-refractivity contribution in [3.8, 4) is 22.9 Å². The first-order valence-electron chi connectivity index (χ1n) is 4.86. The Kier molecular flexibility index (Phi) is 3.18. The van der Waals surface area contributed by atoms with Gasteiger partial charge in [-0.05, 0) is 19.1 Å². The number of anilines is 1. The van der Waals surface area contributed by atoms with Crippen LogP contribution in [-0.4, -0.2) is 16.5 Å². The molecule has 0 aromatic carbocycles. The quantitative estimate of drug-likeness (QED) is 0.822. The first-order valence-corrected chi connectivity index (χ1v) is 5.68. The van der Waals surface area contributed by atoms with E-state index in [0.29, 0.717) is 6.54 Å². The number of aromatic nitrogens is 2. The second kappa shape index (κ2) is 4.77. The highest BCUT2D eigenvalue weighted by atomic mass is 32.1. The Bertz CT molecular complexity index is 511. The fourth-order valence-electron chi connectivity index (χ4n) is 1.30. The highest BCUT2D eigenvalue weighted by Crippen LogP contribution is 2.30. The van der Waals surface area contributed by atoms with Crippen LogP contribution >= 0.6 is 11.3 Å². The van der Waals surface area contributed by atoms with Gasteiger partial charge in [-0.2, -0.15) is 0 Å². The molecule has 0 bridgehead atoms. The summed E-state index contributed by atoms with van der Waals surface area (Å²) in [6.07, 6.45) is 8.77. The summed E-state index contributed by atoms with van der Waals surface area (Å²) >= 11 is 1.59. The molecule has 0 atom stereocenters. The molecule has 16 heavy (non-hydrogen) atoms. The van der Waals surface area contributed by atoms with Gasteiger partial charge >= 0.3 is 0 Å².